The number of alkyl halides is 4. The molecule has 3 aromatic heterocycles. The Morgan fingerprint density at radius 2 is 2.11 bits per heavy atom. The van der Waals surface area contributed by atoms with Crippen molar-refractivity contribution >= 4 is 36.7 Å². The van der Waals surface area contributed by atoms with Gasteiger partial charge in [-0.15, -0.1) is 0 Å². The summed E-state index contributed by atoms with van der Waals surface area (Å²) in [6.07, 6.45) is 6.34. The van der Waals surface area contributed by atoms with Gasteiger partial charge in [-0.05, 0) is 0 Å². The van der Waals surface area contributed by atoms with E-state index in [4.69, 9.17) is 0 Å². The second kappa shape index (κ2) is 10.4. The number of anilines is 1. The average Bonchev–Trinajstić information content (AvgIpc) is 3.47. The van der Waals surface area contributed by atoms with Gasteiger partial charge < -0.3 is 0 Å². The van der Waals surface area contributed by atoms with Crippen molar-refractivity contribution in [3.8, 4) is 11.8 Å². The summed E-state index contributed by atoms with van der Waals surface area (Å²) < 4.78 is 58.3. The van der Waals surface area contributed by atoms with Crippen LogP contribution in [-0.2, 0) is 0 Å². The van der Waals surface area contributed by atoms with Crippen molar-refractivity contribution in [1.82, 2.24) is 24.4 Å². The number of fused-ring (bicyclic) bond motifs is 1. The summed E-state index contributed by atoms with van der Waals surface area (Å²) in [6.45, 7) is 1.00. The monoisotopic (exact) mass is 582 g/mol. The number of rotatable bonds is 6. The predicted molar refractivity (Wildman–Crippen MR) is 133 cm³/mol. The number of nitrogens with zero attached hydrogens (tertiary/aromatic N) is 4. The topological polar surface area (TPSA) is 66.6 Å². The van der Waals surface area contributed by atoms with E-state index in [2.05, 4.69) is 27.6 Å². The molecule has 1 aliphatic carbocycles. The maximum absolute atomic E-state index is 14.6. The molecule has 12 heteroatoms. The fraction of sp³-hybridized carbons (Fsp3) is 0.440. The van der Waals surface area contributed by atoms with Crippen LogP contribution < -0.4 is 15.2 Å². The normalized spacial score (nSPS) is 20.5. The molecule has 0 unspecified atom stereocenters. The van der Waals surface area contributed by atoms with Crippen molar-refractivity contribution < 1.29 is 22.4 Å². The number of aromatic nitrogens is 3. The van der Waals surface area contributed by atoms with Gasteiger partial charge in [0.1, 0.15) is 0 Å². The second-order valence-electron chi connectivity index (χ2n) is 9.33. The number of halogens is 4. The fourth-order valence-corrected chi connectivity index (χ4v) is 5.84. The number of hydrogen-bond acceptors (Lipinski definition) is 4. The zero-order valence-electron chi connectivity index (χ0n) is 20.1. The molecule has 0 bridgehead atoms. The number of nitrogens with one attached hydrogen (secondary N) is 2. The van der Waals surface area contributed by atoms with Crippen molar-refractivity contribution in [1.29, 1.82) is 0 Å². The van der Waals surface area contributed by atoms with Gasteiger partial charge >= 0.3 is 218 Å². The molecule has 1 aliphatic heterocycles. The summed E-state index contributed by atoms with van der Waals surface area (Å²) in [7, 11) is 1.86. The Balaban J connectivity index is 1.35. The molecule has 1 saturated heterocycles. The van der Waals surface area contributed by atoms with Gasteiger partial charge in [0.05, 0.1) is 0 Å². The first-order valence-corrected chi connectivity index (χ1v) is 13.7. The first-order valence-electron chi connectivity index (χ1n) is 12.0. The molecule has 7 nitrogen and oxygen atoms in total. The minimum atomic E-state index is -4.38. The van der Waals surface area contributed by atoms with Gasteiger partial charge in [0, 0.05) is 0 Å². The first kappa shape index (κ1) is 25.6. The Morgan fingerprint density at radius 1 is 1.30 bits per heavy atom. The number of amides is 1. The van der Waals surface area contributed by atoms with Crippen LogP contribution >= 0.6 is 0 Å². The van der Waals surface area contributed by atoms with Gasteiger partial charge in [-0.1, -0.05) is 0 Å². The van der Waals surface area contributed by atoms with Crippen molar-refractivity contribution in [3.05, 3.63) is 47.9 Å². The van der Waals surface area contributed by atoms with Crippen LogP contribution in [0.25, 0.3) is 5.52 Å². The molecule has 5 rings (SSSR count). The molecule has 0 spiro atoms. The molecule has 0 radical (unpaired) electrons. The van der Waals surface area contributed by atoms with Crippen molar-refractivity contribution in [3.63, 3.8) is 0 Å². The molecular weight excluding hydrogens is 555 g/mol. The number of pyridine rings is 1. The van der Waals surface area contributed by atoms with E-state index in [0.29, 0.717) is 35.8 Å². The minimum absolute atomic E-state index is 0.0255. The Kier molecular flexibility index (Phi) is 7.21. The average molecular weight is 581 g/mol. The van der Waals surface area contributed by atoms with E-state index < -0.39 is 32.2 Å². The van der Waals surface area contributed by atoms with Crippen molar-refractivity contribution in [2.24, 2.45) is 0 Å². The molecule has 2 N–H and O–H groups in total. The molecule has 196 valence electrons. The summed E-state index contributed by atoms with van der Waals surface area (Å²) in [5, 5.41) is 5.68. The molecule has 37 heavy (non-hydrogen) atoms. The molecule has 2 atom stereocenters. The molecular formula is C25H26F4N6OSe. The summed E-state index contributed by atoms with van der Waals surface area (Å²) in [4.78, 5) is 14.3. The van der Waals surface area contributed by atoms with Gasteiger partial charge in [-0.3, -0.25) is 0 Å². The predicted octanol–water partition coefficient (Wildman–Crippen LogP) is 2.56. The Labute approximate surface area is 217 Å². The van der Waals surface area contributed by atoms with Crippen molar-refractivity contribution in [2.75, 3.05) is 32.0 Å². The van der Waals surface area contributed by atoms with Crippen LogP contribution in [0.4, 0.5) is 23.2 Å². The molecule has 2 fully saturated rings. The molecule has 1 amide bonds. The van der Waals surface area contributed by atoms with Crippen LogP contribution in [0, 0.1) is 11.8 Å². The number of likely N-dealkylation sites (tertiary alicyclic amines) is 1. The fourth-order valence-electron chi connectivity index (χ4n) is 4.38. The van der Waals surface area contributed by atoms with Gasteiger partial charge in [0.2, 0.25) is 0 Å². The van der Waals surface area contributed by atoms with E-state index >= 15 is 0 Å². The van der Waals surface area contributed by atoms with Crippen LogP contribution in [0.15, 0.2) is 36.8 Å². The van der Waals surface area contributed by atoms with Gasteiger partial charge in [0.15, 0.2) is 0 Å². The van der Waals surface area contributed by atoms with Gasteiger partial charge in [0.25, 0.3) is 0 Å². The SMILES string of the molecule is CN1CC[C@@H](Nc2cccn3c([Se]C(F)(F)F)c(C#CCNC(=O)c4cnn(C5CC5)c4)cc23)[C@@H](F)C1. The number of piperidine rings is 1. The zero-order valence-corrected chi connectivity index (χ0v) is 21.8. The molecule has 1 saturated carbocycles. The van der Waals surface area contributed by atoms with E-state index in [1.165, 1.54) is 10.6 Å². The summed E-state index contributed by atoms with van der Waals surface area (Å²) in [6, 6.07) is 4.91. The quantitative estimate of drug-likeness (QED) is 0.267. The molecule has 4 heterocycles. The number of hydrogen-bond donors (Lipinski definition) is 2. The summed E-state index contributed by atoms with van der Waals surface area (Å²) >= 11 is -1.85. The Hall–Kier alpha value is -3.00. The van der Waals surface area contributed by atoms with E-state index in [1.54, 1.807) is 35.3 Å². The van der Waals surface area contributed by atoms with E-state index in [1.807, 2.05) is 11.9 Å². The third-order valence-electron chi connectivity index (χ3n) is 6.41. The summed E-state index contributed by atoms with van der Waals surface area (Å²) in [5.74, 6) is 5.25. The second-order valence-corrected chi connectivity index (χ2v) is 11.5. The van der Waals surface area contributed by atoms with Crippen LogP contribution in [-0.4, -0.2) is 83.9 Å². The number of carbonyl (C=O) groups excluding carboxylic acids is 1. The van der Waals surface area contributed by atoms with Crippen LogP contribution in [0.5, 0.6) is 0 Å². The van der Waals surface area contributed by atoms with Crippen LogP contribution in [0.3, 0.4) is 0 Å². The van der Waals surface area contributed by atoms with Crippen LogP contribution in [0.2, 0.25) is 0 Å². The molecule has 3 aromatic rings. The van der Waals surface area contributed by atoms with E-state index in [0.717, 1.165) is 19.4 Å². The van der Waals surface area contributed by atoms with E-state index in [-0.39, 0.29) is 22.6 Å². The molecule has 2 aliphatic rings. The van der Waals surface area contributed by atoms with Crippen molar-refractivity contribution in [2.45, 2.75) is 42.6 Å². The van der Waals surface area contributed by atoms with E-state index in [9.17, 15) is 22.4 Å². The Bertz CT molecular complexity index is 1350. The third kappa shape index (κ3) is 6.12. The summed E-state index contributed by atoms with van der Waals surface area (Å²) in [5.41, 5.74) is 1.73. The van der Waals surface area contributed by atoms with Gasteiger partial charge in [-0.25, -0.2) is 0 Å². The first-order chi connectivity index (χ1) is 17.7. The molecule has 0 aromatic carbocycles. The standard InChI is InChI=1S/C25H26F4N6OSe/c1-33-11-8-20(19(26)15-33)32-21-5-3-10-34-22(21)12-16(24(34)37-25(27,28)29)4-2-9-30-23(36)17-13-31-35(14-17)18-6-7-18/h3,5,10,12-14,18-20,32H,6-9,11,15H2,1H3,(H,30,36)/t19-,20+/m0/s1. The third-order valence-corrected chi connectivity index (χ3v) is 8.17. The zero-order chi connectivity index (χ0) is 26.2. The maximum atomic E-state index is 14.6. The number of carbonyl (C=O) groups is 1. The van der Waals surface area contributed by atoms with Gasteiger partial charge in [-0.2, -0.15) is 0 Å². The van der Waals surface area contributed by atoms with Crippen LogP contribution in [0.1, 0.15) is 41.2 Å². The Morgan fingerprint density at radius 3 is 2.84 bits per heavy atom.